The van der Waals surface area contributed by atoms with Gasteiger partial charge in [-0.05, 0) is 46.5 Å². The molecule has 148 valence electrons. The molecular formula is C18H31IN4O2S. The second kappa shape index (κ2) is 11.1. The number of esters is 1. The molecule has 0 bridgehead atoms. The molecule has 1 aliphatic rings. The van der Waals surface area contributed by atoms with E-state index in [4.69, 9.17) is 4.74 Å². The van der Waals surface area contributed by atoms with Gasteiger partial charge in [0, 0.05) is 12.6 Å². The molecule has 0 spiro atoms. The third-order valence-corrected chi connectivity index (χ3v) is 5.54. The van der Waals surface area contributed by atoms with Gasteiger partial charge in [-0.15, -0.1) is 35.3 Å². The number of aromatic nitrogens is 1. The molecule has 1 fully saturated rings. The lowest BCUT2D eigenvalue weighted by atomic mass is 10.2. The van der Waals surface area contributed by atoms with E-state index in [2.05, 4.69) is 27.5 Å². The Hall–Kier alpha value is -0.900. The van der Waals surface area contributed by atoms with Gasteiger partial charge in [-0.1, -0.05) is 13.3 Å². The number of aliphatic imine (C=N–C) groups is 1. The molecule has 1 saturated carbocycles. The van der Waals surface area contributed by atoms with Gasteiger partial charge in [0.25, 0.3) is 0 Å². The van der Waals surface area contributed by atoms with Crippen LogP contribution in [0.15, 0.2) is 4.99 Å². The molecule has 1 aromatic rings. The van der Waals surface area contributed by atoms with Crippen molar-refractivity contribution in [1.29, 1.82) is 0 Å². The van der Waals surface area contributed by atoms with Crippen molar-refractivity contribution in [1.82, 2.24) is 15.6 Å². The number of aryl methyl sites for hydroxylation is 1. The van der Waals surface area contributed by atoms with Crippen LogP contribution < -0.4 is 10.6 Å². The van der Waals surface area contributed by atoms with E-state index < -0.39 is 0 Å². The zero-order chi connectivity index (χ0) is 18.4. The molecule has 8 heteroatoms. The topological polar surface area (TPSA) is 75.6 Å². The number of carbonyl (C=O) groups excluding carboxylic acids is 1. The summed E-state index contributed by atoms with van der Waals surface area (Å²) in [5.74, 6) is 1.29. The maximum absolute atomic E-state index is 12.0. The van der Waals surface area contributed by atoms with Crippen molar-refractivity contribution >= 4 is 47.2 Å². The van der Waals surface area contributed by atoms with E-state index in [1.165, 1.54) is 30.6 Å². The summed E-state index contributed by atoms with van der Waals surface area (Å²) in [5, 5.41) is 7.80. The summed E-state index contributed by atoms with van der Waals surface area (Å²) in [5.41, 5.74) is 0.722. The standard InChI is InChI=1S/C18H30N4O2S.HI/c1-6-9-13-10-14(13)22-18(19-7-2)21-12(5)16-20-11(4)15(25-16)17(23)24-8-3;/h12-14H,6-10H2,1-5H3,(H2,19,21,22);1H. The number of nitrogens with zero attached hydrogens (tertiary/aromatic N) is 2. The van der Waals surface area contributed by atoms with E-state index in [1.807, 2.05) is 27.7 Å². The molecule has 1 aliphatic carbocycles. The number of halogens is 1. The quantitative estimate of drug-likeness (QED) is 0.247. The maximum atomic E-state index is 12.0. The number of hydrogen-bond acceptors (Lipinski definition) is 5. The van der Waals surface area contributed by atoms with E-state index in [0.29, 0.717) is 17.5 Å². The molecule has 0 saturated heterocycles. The normalized spacial score (nSPS) is 20.1. The Kier molecular flexibility index (Phi) is 9.84. The molecule has 1 aromatic heterocycles. The van der Waals surface area contributed by atoms with Gasteiger partial charge in [0.15, 0.2) is 5.96 Å². The second-order valence-electron chi connectivity index (χ2n) is 6.41. The summed E-state index contributed by atoms with van der Waals surface area (Å²) in [6, 6.07) is 0.506. The van der Waals surface area contributed by atoms with Gasteiger partial charge in [-0.2, -0.15) is 0 Å². The lowest BCUT2D eigenvalue weighted by Gasteiger charge is -2.16. The molecule has 26 heavy (non-hydrogen) atoms. The van der Waals surface area contributed by atoms with Crippen molar-refractivity contribution in [2.45, 2.75) is 66.0 Å². The van der Waals surface area contributed by atoms with Crippen LogP contribution in [0, 0.1) is 12.8 Å². The van der Waals surface area contributed by atoms with Crippen LogP contribution in [-0.2, 0) is 4.74 Å². The zero-order valence-corrected chi connectivity index (χ0v) is 19.4. The van der Waals surface area contributed by atoms with Gasteiger partial charge in [0.2, 0.25) is 0 Å². The Morgan fingerprint density at radius 3 is 2.77 bits per heavy atom. The van der Waals surface area contributed by atoms with Crippen LogP contribution in [-0.4, -0.2) is 36.1 Å². The lowest BCUT2D eigenvalue weighted by molar-refractivity contribution is 0.0531. The average molecular weight is 494 g/mol. The van der Waals surface area contributed by atoms with Crippen molar-refractivity contribution in [3.63, 3.8) is 0 Å². The van der Waals surface area contributed by atoms with E-state index in [9.17, 15) is 4.79 Å². The third kappa shape index (κ3) is 6.37. The molecule has 3 atom stereocenters. The number of thiazole rings is 1. The first-order chi connectivity index (χ1) is 12.0. The predicted octanol–water partition coefficient (Wildman–Crippen LogP) is 4.05. The van der Waals surface area contributed by atoms with Crippen LogP contribution in [0.4, 0.5) is 0 Å². The number of ether oxygens (including phenoxy) is 1. The van der Waals surface area contributed by atoms with Crippen LogP contribution in [0.1, 0.15) is 73.4 Å². The summed E-state index contributed by atoms with van der Waals surface area (Å²) < 4.78 is 5.09. The third-order valence-electron chi connectivity index (χ3n) is 4.22. The fraction of sp³-hybridized carbons (Fsp3) is 0.722. The molecule has 3 unspecified atom stereocenters. The number of hydrogen-bond donors (Lipinski definition) is 2. The summed E-state index contributed by atoms with van der Waals surface area (Å²) >= 11 is 1.39. The van der Waals surface area contributed by atoms with Gasteiger partial charge < -0.3 is 15.4 Å². The first-order valence-electron chi connectivity index (χ1n) is 9.21. The zero-order valence-electron chi connectivity index (χ0n) is 16.3. The van der Waals surface area contributed by atoms with Crippen molar-refractivity contribution in [3.8, 4) is 0 Å². The molecule has 0 amide bonds. The minimum absolute atomic E-state index is 0. The van der Waals surface area contributed by atoms with Crippen LogP contribution in [0.5, 0.6) is 0 Å². The monoisotopic (exact) mass is 494 g/mol. The highest BCUT2D eigenvalue weighted by molar-refractivity contribution is 14.0. The number of carbonyl (C=O) groups is 1. The van der Waals surface area contributed by atoms with Crippen LogP contribution in [0.3, 0.4) is 0 Å². The minimum Gasteiger partial charge on any atom is -0.462 e. The molecule has 0 radical (unpaired) electrons. The van der Waals surface area contributed by atoms with Crippen molar-refractivity contribution in [2.24, 2.45) is 10.9 Å². The van der Waals surface area contributed by atoms with Gasteiger partial charge in [0.05, 0.1) is 18.3 Å². The number of rotatable bonds is 8. The lowest BCUT2D eigenvalue weighted by Crippen LogP contribution is -2.40. The molecular weight excluding hydrogens is 463 g/mol. The fourth-order valence-corrected chi connectivity index (χ4v) is 3.80. The SMILES string of the molecule is CCCC1CC1NC(=NCC)NC(C)c1nc(C)c(C(=O)OCC)s1.I. The second-order valence-corrected chi connectivity index (χ2v) is 7.44. The number of guanidine groups is 1. The van der Waals surface area contributed by atoms with Gasteiger partial charge in [-0.25, -0.2) is 9.78 Å². The molecule has 2 N–H and O–H groups in total. The molecule has 0 aliphatic heterocycles. The summed E-state index contributed by atoms with van der Waals surface area (Å²) in [6.07, 6.45) is 3.71. The van der Waals surface area contributed by atoms with E-state index in [1.54, 1.807) is 0 Å². The largest absolute Gasteiger partial charge is 0.462 e. The van der Waals surface area contributed by atoms with Crippen LogP contribution in [0.2, 0.25) is 0 Å². The highest BCUT2D eigenvalue weighted by Crippen LogP contribution is 2.34. The smallest absolute Gasteiger partial charge is 0.350 e. The van der Waals surface area contributed by atoms with E-state index in [0.717, 1.165) is 29.1 Å². The van der Waals surface area contributed by atoms with Gasteiger partial charge >= 0.3 is 5.97 Å². The highest BCUT2D eigenvalue weighted by atomic mass is 127. The minimum atomic E-state index is -0.295. The average Bonchev–Trinajstić information content (AvgIpc) is 3.15. The summed E-state index contributed by atoms with van der Waals surface area (Å²) in [4.78, 5) is 21.6. The molecule has 6 nitrogen and oxygen atoms in total. The summed E-state index contributed by atoms with van der Waals surface area (Å²) in [6.45, 7) is 11.0. The van der Waals surface area contributed by atoms with Gasteiger partial charge in [-0.3, -0.25) is 4.99 Å². The van der Waals surface area contributed by atoms with Crippen LogP contribution >= 0.6 is 35.3 Å². The Bertz CT molecular complexity index is 620. The fourth-order valence-electron chi connectivity index (χ4n) is 2.84. The molecule has 0 aromatic carbocycles. The Labute approximate surface area is 177 Å². The Morgan fingerprint density at radius 2 is 2.15 bits per heavy atom. The van der Waals surface area contributed by atoms with E-state index in [-0.39, 0.29) is 36.0 Å². The van der Waals surface area contributed by atoms with Crippen LogP contribution in [0.25, 0.3) is 0 Å². The Balaban J connectivity index is 0.00000338. The highest BCUT2D eigenvalue weighted by Gasteiger charge is 2.36. The predicted molar refractivity (Wildman–Crippen MR) is 118 cm³/mol. The molecule has 2 rings (SSSR count). The van der Waals surface area contributed by atoms with Crippen molar-refractivity contribution in [2.75, 3.05) is 13.2 Å². The summed E-state index contributed by atoms with van der Waals surface area (Å²) in [7, 11) is 0. The Morgan fingerprint density at radius 1 is 1.42 bits per heavy atom. The van der Waals surface area contributed by atoms with Crippen molar-refractivity contribution in [3.05, 3.63) is 15.6 Å². The maximum Gasteiger partial charge on any atom is 0.350 e. The number of nitrogens with one attached hydrogen (secondary N) is 2. The van der Waals surface area contributed by atoms with E-state index >= 15 is 0 Å². The van der Waals surface area contributed by atoms with Crippen molar-refractivity contribution < 1.29 is 9.53 Å². The first kappa shape index (κ1) is 23.1. The molecule has 1 heterocycles. The van der Waals surface area contributed by atoms with Gasteiger partial charge in [0.1, 0.15) is 9.88 Å². The first-order valence-corrected chi connectivity index (χ1v) is 10.0.